The van der Waals surface area contributed by atoms with E-state index in [9.17, 15) is 16.8 Å². The van der Waals surface area contributed by atoms with Crippen LogP contribution in [0.3, 0.4) is 0 Å². The maximum absolute atomic E-state index is 12.3. The van der Waals surface area contributed by atoms with Crippen LogP contribution in [0.4, 0.5) is 0 Å². The number of hydrogen-bond donors (Lipinski definition) is 1. The Morgan fingerprint density at radius 2 is 1.23 bits per heavy atom. The molecular formula is C14H14O6S2. The molecular weight excluding hydrogens is 328 g/mol. The molecule has 0 amide bonds. The second kappa shape index (κ2) is 6.07. The summed E-state index contributed by atoms with van der Waals surface area (Å²) in [7, 11) is -7.75. The molecule has 0 bridgehead atoms. The van der Waals surface area contributed by atoms with Crippen LogP contribution in [0.5, 0.6) is 5.75 Å². The molecule has 0 unspecified atom stereocenters. The fourth-order valence-electron chi connectivity index (χ4n) is 1.76. The average molecular weight is 342 g/mol. The Hall–Kier alpha value is -1.90. The molecule has 0 saturated heterocycles. The predicted octanol–water partition coefficient (Wildman–Crippen LogP) is 1.35. The van der Waals surface area contributed by atoms with Gasteiger partial charge in [-0.15, -0.1) is 0 Å². The molecule has 0 aliphatic rings. The third-order valence-corrected chi connectivity index (χ3v) is 8.20. The van der Waals surface area contributed by atoms with Gasteiger partial charge < -0.3 is 9.84 Å². The lowest BCUT2D eigenvalue weighted by Gasteiger charge is -2.07. The van der Waals surface area contributed by atoms with Crippen LogP contribution in [0, 0.1) is 0 Å². The van der Waals surface area contributed by atoms with E-state index in [0.29, 0.717) is 11.3 Å². The molecule has 8 heteroatoms. The average Bonchev–Trinajstić information content (AvgIpc) is 2.54. The van der Waals surface area contributed by atoms with E-state index < -0.39 is 17.7 Å². The van der Waals surface area contributed by atoms with Crippen LogP contribution < -0.4 is 4.74 Å². The summed E-state index contributed by atoms with van der Waals surface area (Å²) in [6.45, 7) is -0.258. The second-order valence-corrected chi connectivity index (χ2v) is 9.78. The van der Waals surface area contributed by atoms with E-state index in [1.165, 1.54) is 43.5 Å². The standard InChI is InChI=1S/C14H14O6S2/c1-20-12-4-8-14(9-5-12)22(18,19)21(16,17)13-6-2-11(10-15)3-7-13/h2-9,15H,10H2,1H3. The van der Waals surface area contributed by atoms with Gasteiger partial charge in [0.2, 0.25) is 0 Å². The Morgan fingerprint density at radius 3 is 1.59 bits per heavy atom. The number of aliphatic hydroxyl groups is 1. The quantitative estimate of drug-likeness (QED) is 0.824. The molecule has 0 spiro atoms. The van der Waals surface area contributed by atoms with Gasteiger partial charge in [-0.1, -0.05) is 12.1 Å². The molecule has 0 aliphatic carbocycles. The molecule has 0 aliphatic heterocycles. The van der Waals surface area contributed by atoms with E-state index in [0.717, 1.165) is 12.1 Å². The van der Waals surface area contributed by atoms with Gasteiger partial charge in [0.25, 0.3) is 17.7 Å². The lowest BCUT2D eigenvalue weighted by atomic mass is 10.2. The van der Waals surface area contributed by atoms with Crippen molar-refractivity contribution in [3.63, 3.8) is 0 Å². The maximum atomic E-state index is 12.3. The highest BCUT2D eigenvalue weighted by Crippen LogP contribution is 2.26. The van der Waals surface area contributed by atoms with Crippen LogP contribution in [-0.2, 0) is 24.3 Å². The summed E-state index contributed by atoms with van der Waals surface area (Å²) in [5.41, 5.74) is 0.487. The number of aliphatic hydroxyl groups excluding tert-OH is 1. The maximum Gasteiger partial charge on any atom is 0.286 e. The Balaban J connectivity index is 2.49. The SMILES string of the molecule is COc1ccc(S(=O)(=O)S(=O)(=O)c2ccc(CO)cc2)cc1. The Bertz CT molecular complexity index is 775. The molecule has 0 radical (unpaired) electrons. The molecule has 2 rings (SSSR count). The topological polar surface area (TPSA) is 97.7 Å². The molecule has 2 aromatic rings. The third-order valence-electron chi connectivity index (χ3n) is 3.03. The largest absolute Gasteiger partial charge is 0.497 e. The zero-order chi connectivity index (χ0) is 16.4. The van der Waals surface area contributed by atoms with E-state index >= 15 is 0 Å². The van der Waals surface area contributed by atoms with Crippen LogP contribution in [0.15, 0.2) is 58.3 Å². The van der Waals surface area contributed by atoms with Crippen molar-refractivity contribution in [2.45, 2.75) is 16.4 Å². The van der Waals surface area contributed by atoms with Crippen LogP contribution in [-0.4, -0.2) is 29.1 Å². The van der Waals surface area contributed by atoms with Crippen molar-refractivity contribution in [2.75, 3.05) is 7.11 Å². The summed E-state index contributed by atoms with van der Waals surface area (Å²) in [5.74, 6) is 0.420. The fraction of sp³-hybridized carbons (Fsp3) is 0.143. The molecule has 0 saturated carbocycles. The Morgan fingerprint density at radius 1 is 0.818 bits per heavy atom. The van der Waals surface area contributed by atoms with Crippen LogP contribution in [0.2, 0.25) is 0 Å². The van der Waals surface area contributed by atoms with Gasteiger partial charge in [-0.05, 0) is 42.0 Å². The summed E-state index contributed by atoms with van der Waals surface area (Å²) in [6.07, 6.45) is 0. The van der Waals surface area contributed by atoms with Crippen LogP contribution >= 0.6 is 0 Å². The van der Waals surface area contributed by atoms with Crippen molar-refractivity contribution in [3.8, 4) is 5.75 Å². The molecule has 0 fully saturated rings. The minimum Gasteiger partial charge on any atom is -0.497 e. The Labute approximate surface area is 128 Å². The zero-order valence-corrected chi connectivity index (χ0v) is 13.3. The summed E-state index contributed by atoms with van der Waals surface area (Å²) < 4.78 is 54.2. The van der Waals surface area contributed by atoms with Crippen molar-refractivity contribution in [1.82, 2.24) is 0 Å². The monoisotopic (exact) mass is 342 g/mol. The molecule has 118 valence electrons. The fourth-order valence-corrected chi connectivity index (χ4v) is 5.39. The minimum atomic E-state index is -4.59. The highest BCUT2D eigenvalue weighted by Gasteiger charge is 2.33. The first-order valence-electron chi connectivity index (χ1n) is 6.17. The van der Waals surface area contributed by atoms with Crippen molar-refractivity contribution < 1.29 is 26.7 Å². The van der Waals surface area contributed by atoms with Gasteiger partial charge in [0.05, 0.1) is 23.5 Å². The van der Waals surface area contributed by atoms with Gasteiger partial charge >= 0.3 is 0 Å². The van der Waals surface area contributed by atoms with E-state index in [1.807, 2.05) is 0 Å². The third kappa shape index (κ3) is 2.85. The van der Waals surface area contributed by atoms with E-state index in [4.69, 9.17) is 9.84 Å². The lowest BCUT2D eigenvalue weighted by Crippen LogP contribution is -2.16. The Kier molecular flexibility index (Phi) is 4.55. The second-order valence-electron chi connectivity index (χ2n) is 4.39. The molecule has 0 aromatic heterocycles. The van der Waals surface area contributed by atoms with Crippen molar-refractivity contribution >= 4 is 17.7 Å². The van der Waals surface area contributed by atoms with E-state index in [-0.39, 0.29) is 16.4 Å². The van der Waals surface area contributed by atoms with Crippen molar-refractivity contribution in [1.29, 1.82) is 0 Å². The van der Waals surface area contributed by atoms with Gasteiger partial charge in [0, 0.05) is 0 Å². The lowest BCUT2D eigenvalue weighted by molar-refractivity contribution is 0.282. The summed E-state index contributed by atoms with van der Waals surface area (Å²) >= 11 is 0. The molecule has 1 N–H and O–H groups in total. The number of methoxy groups -OCH3 is 1. The van der Waals surface area contributed by atoms with Crippen molar-refractivity contribution in [3.05, 3.63) is 54.1 Å². The van der Waals surface area contributed by atoms with Gasteiger partial charge in [-0.25, -0.2) is 16.8 Å². The molecule has 0 atom stereocenters. The molecule has 22 heavy (non-hydrogen) atoms. The van der Waals surface area contributed by atoms with Crippen LogP contribution in [0.1, 0.15) is 5.56 Å². The highest BCUT2D eigenvalue weighted by molar-refractivity contribution is 8.67. The number of ether oxygens (including phenoxy) is 1. The molecule has 2 aromatic carbocycles. The predicted molar refractivity (Wildman–Crippen MR) is 79.7 cm³/mol. The van der Waals surface area contributed by atoms with Gasteiger partial charge in [0.15, 0.2) is 0 Å². The first kappa shape index (κ1) is 16.5. The molecule has 0 heterocycles. The van der Waals surface area contributed by atoms with Gasteiger partial charge in [-0.3, -0.25) is 0 Å². The first-order chi connectivity index (χ1) is 10.3. The zero-order valence-electron chi connectivity index (χ0n) is 11.6. The van der Waals surface area contributed by atoms with Crippen molar-refractivity contribution in [2.24, 2.45) is 0 Å². The normalized spacial score (nSPS) is 12.1. The summed E-state index contributed by atoms with van der Waals surface area (Å²) in [5, 5.41) is 8.94. The first-order valence-corrected chi connectivity index (χ1v) is 9.65. The van der Waals surface area contributed by atoms with E-state index in [2.05, 4.69) is 0 Å². The minimum absolute atomic E-state index is 0.258. The smallest absolute Gasteiger partial charge is 0.286 e. The van der Waals surface area contributed by atoms with Crippen LogP contribution in [0.25, 0.3) is 0 Å². The van der Waals surface area contributed by atoms with E-state index in [1.54, 1.807) is 0 Å². The molecule has 6 nitrogen and oxygen atoms in total. The number of benzene rings is 2. The highest BCUT2D eigenvalue weighted by atomic mass is 33.2. The summed E-state index contributed by atoms with van der Waals surface area (Å²) in [4.78, 5) is -0.681. The van der Waals surface area contributed by atoms with Gasteiger partial charge in [0.1, 0.15) is 5.75 Å². The number of hydrogen-bond acceptors (Lipinski definition) is 6. The number of rotatable bonds is 5. The summed E-state index contributed by atoms with van der Waals surface area (Å²) in [6, 6.07) is 10.1. The van der Waals surface area contributed by atoms with Gasteiger partial charge in [-0.2, -0.15) is 0 Å².